The number of nitrogens with two attached hydrogens (primary N) is 1. The van der Waals surface area contributed by atoms with E-state index in [9.17, 15) is 9.59 Å². The molecule has 1 aromatic rings. The van der Waals surface area contributed by atoms with E-state index in [1.54, 1.807) is 0 Å². The predicted octanol–water partition coefficient (Wildman–Crippen LogP) is 1.46. The van der Waals surface area contributed by atoms with Gasteiger partial charge >= 0.3 is 0 Å². The zero-order valence-corrected chi connectivity index (χ0v) is 16.3. The number of nitrogens with zero attached hydrogens (tertiary/aromatic N) is 2. The van der Waals surface area contributed by atoms with Gasteiger partial charge in [-0.15, -0.1) is 0 Å². The first-order chi connectivity index (χ1) is 12.5. The minimum atomic E-state index is -0.489. The van der Waals surface area contributed by atoms with Crippen molar-refractivity contribution in [2.24, 2.45) is 11.1 Å². The smallest absolute Gasteiger partial charge is 0.253 e. The van der Waals surface area contributed by atoms with Gasteiger partial charge in [0.2, 0.25) is 5.91 Å². The first kappa shape index (κ1) is 20.4. The summed E-state index contributed by atoms with van der Waals surface area (Å²) in [7, 11) is 2.07. The summed E-state index contributed by atoms with van der Waals surface area (Å²) in [6, 6.07) is 7.51. The maximum atomic E-state index is 12.6. The topological polar surface area (TPSA) is 78.7 Å². The van der Waals surface area contributed by atoms with Crippen molar-refractivity contribution in [3.63, 3.8) is 0 Å². The van der Waals surface area contributed by atoms with Gasteiger partial charge in [0.15, 0.2) is 0 Å². The van der Waals surface area contributed by atoms with E-state index in [0.717, 1.165) is 44.6 Å². The normalized spacial score (nSPS) is 15.8. The summed E-state index contributed by atoms with van der Waals surface area (Å²) >= 11 is 0. The molecule has 3 N–H and O–H groups in total. The van der Waals surface area contributed by atoms with E-state index in [1.165, 1.54) is 0 Å². The molecule has 0 unspecified atom stereocenters. The molecule has 6 heteroatoms. The summed E-state index contributed by atoms with van der Waals surface area (Å²) < 4.78 is 0. The molecule has 0 saturated carbocycles. The Morgan fingerprint density at radius 2 is 1.65 bits per heavy atom. The van der Waals surface area contributed by atoms with Gasteiger partial charge in [-0.25, -0.2) is 0 Å². The van der Waals surface area contributed by atoms with Crippen LogP contribution >= 0.6 is 0 Å². The number of carbonyl (C=O) groups excluding carboxylic acids is 2. The minimum absolute atomic E-state index is 0.00240. The van der Waals surface area contributed by atoms with Crippen LogP contribution in [0.25, 0.3) is 0 Å². The Kier molecular flexibility index (Phi) is 7.17. The van der Waals surface area contributed by atoms with Crippen LogP contribution in [0, 0.1) is 5.41 Å². The average Bonchev–Trinajstić information content (AvgIpc) is 2.68. The lowest BCUT2D eigenvalue weighted by atomic mass is 9.81. The fourth-order valence-electron chi connectivity index (χ4n) is 3.28. The fraction of sp³-hybridized carbons (Fsp3) is 0.600. The van der Waals surface area contributed by atoms with Crippen molar-refractivity contribution in [1.82, 2.24) is 15.1 Å². The number of carbonyl (C=O) groups is 2. The van der Waals surface area contributed by atoms with Crippen molar-refractivity contribution in [3.05, 3.63) is 35.4 Å². The van der Waals surface area contributed by atoms with Gasteiger partial charge in [-0.2, -0.15) is 0 Å². The van der Waals surface area contributed by atoms with Gasteiger partial charge in [0.05, 0.1) is 5.41 Å². The number of benzene rings is 1. The molecule has 1 saturated heterocycles. The molecule has 1 fully saturated rings. The monoisotopic (exact) mass is 360 g/mol. The van der Waals surface area contributed by atoms with Crippen LogP contribution in [-0.2, 0) is 11.3 Å². The lowest BCUT2D eigenvalue weighted by molar-refractivity contribution is -0.131. The SMILES string of the molecule is CCC(CC)(CN)C(=O)NCc1ccc(C(=O)N2CCN(C)CC2)cc1. The van der Waals surface area contributed by atoms with Crippen LogP contribution in [-0.4, -0.2) is 61.4 Å². The number of nitrogens with one attached hydrogen (secondary N) is 1. The van der Waals surface area contributed by atoms with Crippen LogP contribution in [0.5, 0.6) is 0 Å². The molecular weight excluding hydrogens is 328 g/mol. The Morgan fingerprint density at radius 3 is 2.15 bits per heavy atom. The molecule has 26 heavy (non-hydrogen) atoms. The molecule has 2 amide bonds. The van der Waals surface area contributed by atoms with Crippen molar-refractivity contribution >= 4 is 11.8 Å². The molecule has 1 aliphatic rings. The van der Waals surface area contributed by atoms with E-state index in [0.29, 0.717) is 18.7 Å². The quantitative estimate of drug-likeness (QED) is 0.771. The van der Waals surface area contributed by atoms with E-state index >= 15 is 0 Å². The molecule has 2 rings (SSSR count). The molecule has 0 radical (unpaired) electrons. The molecular formula is C20H32N4O2. The van der Waals surface area contributed by atoms with Crippen LogP contribution in [0.4, 0.5) is 0 Å². The first-order valence-corrected chi connectivity index (χ1v) is 9.51. The van der Waals surface area contributed by atoms with E-state index in [-0.39, 0.29) is 11.8 Å². The first-order valence-electron chi connectivity index (χ1n) is 9.51. The summed E-state index contributed by atoms with van der Waals surface area (Å²) in [5.41, 5.74) is 7.01. The van der Waals surface area contributed by atoms with Gasteiger partial charge in [-0.05, 0) is 37.6 Å². The second-order valence-corrected chi connectivity index (χ2v) is 7.17. The standard InChI is InChI=1S/C20H32N4O2/c1-4-20(5-2,15-21)19(26)22-14-16-6-8-17(9-7-16)18(25)24-12-10-23(3)11-13-24/h6-9H,4-5,10-15,21H2,1-3H3,(H,22,26). The molecule has 0 bridgehead atoms. The Labute approximate surface area is 156 Å². The molecule has 1 heterocycles. The summed E-state index contributed by atoms with van der Waals surface area (Å²) in [6.07, 6.45) is 1.45. The molecule has 1 aliphatic heterocycles. The lowest BCUT2D eigenvalue weighted by Crippen LogP contribution is -2.47. The average molecular weight is 361 g/mol. The van der Waals surface area contributed by atoms with Gasteiger partial charge in [-0.3, -0.25) is 9.59 Å². The summed E-state index contributed by atoms with van der Waals surface area (Å²) in [4.78, 5) is 29.2. The largest absolute Gasteiger partial charge is 0.352 e. The highest BCUT2D eigenvalue weighted by Gasteiger charge is 2.32. The number of rotatable bonds is 7. The van der Waals surface area contributed by atoms with Crippen LogP contribution in [0.1, 0.15) is 42.6 Å². The van der Waals surface area contributed by atoms with E-state index in [2.05, 4.69) is 17.3 Å². The highest BCUT2D eigenvalue weighted by atomic mass is 16.2. The fourth-order valence-corrected chi connectivity index (χ4v) is 3.28. The second kappa shape index (κ2) is 9.14. The third kappa shape index (κ3) is 4.62. The Bertz CT molecular complexity index is 594. The predicted molar refractivity (Wildman–Crippen MR) is 104 cm³/mol. The summed E-state index contributed by atoms with van der Waals surface area (Å²) in [5, 5.41) is 2.99. The molecule has 0 aliphatic carbocycles. The zero-order valence-electron chi connectivity index (χ0n) is 16.3. The van der Waals surface area contributed by atoms with Crippen molar-refractivity contribution in [2.45, 2.75) is 33.2 Å². The van der Waals surface area contributed by atoms with Gasteiger partial charge in [0.25, 0.3) is 5.91 Å². The maximum absolute atomic E-state index is 12.6. The Hall–Kier alpha value is -1.92. The third-order valence-corrected chi connectivity index (χ3v) is 5.67. The van der Waals surface area contributed by atoms with Crippen LogP contribution in [0.2, 0.25) is 0 Å². The van der Waals surface area contributed by atoms with Crippen LogP contribution in [0.15, 0.2) is 24.3 Å². The van der Waals surface area contributed by atoms with Crippen molar-refractivity contribution < 1.29 is 9.59 Å². The van der Waals surface area contributed by atoms with Gasteiger partial charge in [0.1, 0.15) is 0 Å². The number of hydrogen-bond acceptors (Lipinski definition) is 4. The lowest BCUT2D eigenvalue weighted by Gasteiger charge is -2.32. The molecule has 0 spiro atoms. The maximum Gasteiger partial charge on any atom is 0.253 e. The number of amides is 2. The van der Waals surface area contributed by atoms with Gasteiger partial charge in [0, 0.05) is 44.8 Å². The number of likely N-dealkylation sites (N-methyl/N-ethyl adjacent to an activating group) is 1. The van der Waals surface area contributed by atoms with Crippen molar-refractivity contribution in [3.8, 4) is 0 Å². The highest BCUT2D eigenvalue weighted by molar-refractivity contribution is 5.94. The molecule has 1 aromatic carbocycles. The molecule has 0 aromatic heterocycles. The number of hydrogen-bond donors (Lipinski definition) is 2. The number of piperazine rings is 1. The molecule has 0 atom stereocenters. The third-order valence-electron chi connectivity index (χ3n) is 5.67. The molecule has 6 nitrogen and oxygen atoms in total. The Morgan fingerprint density at radius 1 is 1.08 bits per heavy atom. The summed E-state index contributed by atoms with van der Waals surface area (Å²) in [6.45, 7) is 8.14. The van der Waals surface area contributed by atoms with Crippen LogP contribution < -0.4 is 11.1 Å². The summed E-state index contributed by atoms with van der Waals surface area (Å²) in [5.74, 6) is 0.0791. The van der Waals surface area contributed by atoms with E-state index < -0.39 is 5.41 Å². The highest BCUT2D eigenvalue weighted by Crippen LogP contribution is 2.25. The van der Waals surface area contributed by atoms with E-state index in [4.69, 9.17) is 5.73 Å². The van der Waals surface area contributed by atoms with Gasteiger partial charge in [-0.1, -0.05) is 26.0 Å². The van der Waals surface area contributed by atoms with E-state index in [1.807, 2.05) is 43.0 Å². The van der Waals surface area contributed by atoms with Crippen LogP contribution in [0.3, 0.4) is 0 Å². The second-order valence-electron chi connectivity index (χ2n) is 7.17. The zero-order chi connectivity index (χ0) is 19.2. The van der Waals surface area contributed by atoms with Gasteiger partial charge < -0.3 is 20.9 Å². The minimum Gasteiger partial charge on any atom is -0.352 e. The Balaban J connectivity index is 1.93. The molecule has 144 valence electrons. The van der Waals surface area contributed by atoms with Crippen molar-refractivity contribution in [2.75, 3.05) is 39.8 Å². The van der Waals surface area contributed by atoms with Crippen molar-refractivity contribution in [1.29, 1.82) is 0 Å².